The second-order valence-electron chi connectivity index (χ2n) is 10.9. The molecule has 7 rings (SSSR count). The van der Waals surface area contributed by atoms with Crippen LogP contribution in [0.25, 0.3) is 5.69 Å². The number of hydrogen-bond acceptors (Lipinski definition) is 8. The highest BCUT2D eigenvalue weighted by atomic mass is 35.5. The zero-order valence-electron chi connectivity index (χ0n) is 20.0. The van der Waals surface area contributed by atoms with E-state index >= 15 is 0 Å². The Morgan fingerprint density at radius 2 is 1.89 bits per heavy atom. The number of aryl methyl sites for hydroxylation is 1. The first-order chi connectivity index (χ1) is 17.4. The van der Waals surface area contributed by atoms with Crippen LogP contribution in [0, 0.1) is 34.9 Å². The maximum absolute atomic E-state index is 13.6. The summed E-state index contributed by atoms with van der Waals surface area (Å²) >= 11 is 6.38. The molecular weight excluding hydrogens is 481 g/mol. The van der Waals surface area contributed by atoms with Crippen LogP contribution in [-0.2, 0) is 13.1 Å². The van der Waals surface area contributed by atoms with Crippen molar-refractivity contribution in [3.63, 3.8) is 0 Å². The molecule has 9 nitrogen and oxygen atoms in total. The lowest BCUT2D eigenvalue weighted by Crippen LogP contribution is -2.73. The van der Waals surface area contributed by atoms with Crippen molar-refractivity contribution in [2.24, 2.45) is 10.8 Å². The molecule has 5 heterocycles. The summed E-state index contributed by atoms with van der Waals surface area (Å²) in [4.78, 5) is 15.1. The zero-order chi connectivity index (χ0) is 24.7. The quantitative estimate of drug-likeness (QED) is 0.534. The van der Waals surface area contributed by atoms with Gasteiger partial charge < -0.3 is 9.80 Å². The molecule has 0 amide bonds. The van der Waals surface area contributed by atoms with E-state index in [-0.39, 0.29) is 16.6 Å². The van der Waals surface area contributed by atoms with Crippen molar-refractivity contribution < 1.29 is 4.39 Å². The molecule has 2 saturated heterocycles. The van der Waals surface area contributed by atoms with Crippen LogP contribution in [0.5, 0.6) is 0 Å². The molecule has 0 N–H and O–H groups in total. The van der Waals surface area contributed by atoms with Crippen LogP contribution in [0.3, 0.4) is 0 Å². The number of fused-ring (bicyclic) bond motifs is 3. The minimum absolute atomic E-state index is 0.156. The Morgan fingerprint density at radius 3 is 2.61 bits per heavy atom. The summed E-state index contributed by atoms with van der Waals surface area (Å²) in [5.41, 5.74) is 2.46. The number of nitriles is 1. The van der Waals surface area contributed by atoms with Crippen LogP contribution in [0.2, 0.25) is 5.02 Å². The molecule has 3 fully saturated rings. The molecule has 0 atom stereocenters. The van der Waals surface area contributed by atoms with Crippen LogP contribution in [0.15, 0.2) is 24.4 Å². The molecule has 1 aromatic carbocycles. The topological polar surface area (TPSA) is 90.0 Å². The fourth-order valence-electron chi connectivity index (χ4n) is 5.85. The molecule has 0 unspecified atom stereocenters. The van der Waals surface area contributed by atoms with Crippen LogP contribution in [-0.4, -0.2) is 62.4 Å². The number of halogens is 2. The van der Waals surface area contributed by atoms with Crippen molar-refractivity contribution in [3.05, 3.63) is 52.3 Å². The molecule has 36 heavy (non-hydrogen) atoms. The van der Waals surface area contributed by atoms with E-state index in [9.17, 15) is 9.65 Å². The highest BCUT2D eigenvalue weighted by Crippen LogP contribution is 2.47. The number of aromatic nitrogens is 5. The van der Waals surface area contributed by atoms with E-state index < -0.39 is 0 Å². The molecule has 0 radical (unpaired) electrons. The first-order valence-corrected chi connectivity index (χ1v) is 12.6. The Bertz CT molecular complexity index is 1410. The van der Waals surface area contributed by atoms with Gasteiger partial charge in [-0.3, -0.25) is 9.47 Å². The zero-order valence-corrected chi connectivity index (χ0v) is 20.7. The van der Waals surface area contributed by atoms with E-state index in [4.69, 9.17) is 11.6 Å². The summed E-state index contributed by atoms with van der Waals surface area (Å²) in [7, 11) is 0. The largest absolute Gasteiger partial charge is 0.339 e. The predicted octanol–water partition coefficient (Wildman–Crippen LogP) is 3.10. The van der Waals surface area contributed by atoms with Gasteiger partial charge in [0.2, 0.25) is 11.9 Å². The SMILES string of the molecule is Cc1nc(N2CC3(C2)CN(c2nnc4n2-c2ccc(Cl)cc2CN(CC2(C#N)CC2)C4)C3)ncc1F. The lowest BCUT2D eigenvalue weighted by Gasteiger charge is -2.60. The van der Waals surface area contributed by atoms with Gasteiger partial charge in [-0.1, -0.05) is 11.6 Å². The summed E-state index contributed by atoms with van der Waals surface area (Å²) in [6.45, 7) is 7.16. The third-order valence-corrected chi connectivity index (χ3v) is 8.18. The number of rotatable bonds is 4. The standard InChI is InChI=1S/C25H25ClFN9/c1-16-19(27)7-29-22(30-16)34-12-25(13-34)14-35(15-25)23-32-31-21-9-33(11-24(10-28)4-5-24)8-17-6-18(26)2-3-20(17)36(21)23/h2-3,6-7H,4-5,8-9,11-15H2,1H3. The summed E-state index contributed by atoms with van der Waals surface area (Å²) in [5, 5.41) is 19.5. The van der Waals surface area contributed by atoms with Gasteiger partial charge in [0.15, 0.2) is 11.6 Å². The van der Waals surface area contributed by atoms with Crippen LogP contribution >= 0.6 is 11.6 Å². The average Bonchev–Trinajstić information content (AvgIpc) is 3.49. The van der Waals surface area contributed by atoms with Gasteiger partial charge in [-0.15, -0.1) is 10.2 Å². The van der Waals surface area contributed by atoms with Gasteiger partial charge in [-0.05, 0) is 43.5 Å². The highest BCUT2D eigenvalue weighted by Gasteiger charge is 2.54. The lowest BCUT2D eigenvalue weighted by molar-refractivity contribution is 0.152. The smallest absolute Gasteiger partial charge is 0.231 e. The van der Waals surface area contributed by atoms with Crippen molar-refractivity contribution in [2.75, 3.05) is 42.5 Å². The van der Waals surface area contributed by atoms with Gasteiger partial charge in [0, 0.05) is 49.7 Å². The predicted molar refractivity (Wildman–Crippen MR) is 131 cm³/mol. The molecule has 11 heteroatoms. The van der Waals surface area contributed by atoms with E-state index in [2.05, 4.69) is 45.5 Å². The molecule has 2 aromatic heterocycles. The van der Waals surface area contributed by atoms with E-state index in [0.717, 1.165) is 75.1 Å². The summed E-state index contributed by atoms with van der Waals surface area (Å²) in [6.07, 6.45) is 3.15. The van der Waals surface area contributed by atoms with Crippen molar-refractivity contribution in [3.8, 4) is 11.8 Å². The van der Waals surface area contributed by atoms with E-state index in [1.807, 2.05) is 18.2 Å². The number of nitrogens with zero attached hydrogens (tertiary/aromatic N) is 9. The Kier molecular flexibility index (Phi) is 4.64. The summed E-state index contributed by atoms with van der Waals surface area (Å²) in [6, 6.07) is 8.48. The van der Waals surface area contributed by atoms with Gasteiger partial charge in [-0.2, -0.15) is 5.26 Å². The second kappa shape index (κ2) is 7.60. The maximum Gasteiger partial charge on any atom is 0.231 e. The van der Waals surface area contributed by atoms with Crippen LogP contribution in [0.1, 0.15) is 29.9 Å². The monoisotopic (exact) mass is 505 g/mol. The maximum atomic E-state index is 13.6. The van der Waals surface area contributed by atoms with Crippen molar-refractivity contribution in [1.82, 2.24) is 29.6 Å². The minimum atomic E-state index is -0.378. The van der Waals surface area contributed by atoms with E-state index in [1.165, 1.54) is 6.20 Å². The second-order valence-corrected chi connectivity index (χ2v) is 11.3. The molecule has 3 aliphatic heterocycles. The summed E-state index contributed by atoms with van der Waals surface area (Å²) in [5.74, 6) is 1.93. The molecule has 184 valence electrons. The highest BCUT2D eigenvalue weighted by molar-refractivity contribution is 6.30. The molecular formula is C25H25ClFN9. The van der Waals surface area contributed by atoms with Gasteiger partial charge in [0.1, 0.15) is 0 Å². The van der Waals surface area contributed by atoms with Gasteiger partial charge >= 0.3 is 0 Å². The van der Waals surface area contributed by atoms with E-state index in [0.29, 0.717) is 23.2 Å². The lowest BCUT2D eigenvalue weighted by atomic mass is 9.73. The fraction of sp³-hybridized carbons (Fsp3) is 0.480. The Labute approximate surface area is 213 Å². The van der Waals surface area contributed by atoms with Gasteiger partial charge in [-0.25, -0.2) is 14.4 Å². The third-order valence-electron chi connectivity index (χ3n) is 7.95. The minimum Gasteiger partial charge on any atom is -0.339 e. The number of hydrogen-bond donors (Lipinski definition) is 0. The van der Waals surface area contributed by atoms with Gasteiger partial charge in [0.05, 0.1) is 35.6 Å². The van der Waals surface area contributed by atoms with Crippen molar-refractivity contribution in [1.29, 1.82) is 5.26 Å². The average molecular weight is 506 g/mol. The Balaban J connectivity index is 1.12. The van der Waals surface area contributed by atoms with Crippen molar-refractivity contribution >= 4 is 23.5 Å². The molecule has 4 aliphatic rings. The number of anilines is 2. The fourth-order valence-corrected chi connectivity index (χ4v) is 6.05. The Morgan fingerprint density at radius 1 is 1.11 bits per heavy atom. The first-order valence-electron chi connectivity index (χ1n) is 12.2. The van der Waals surface area contributed by atoms with Crippen LogP contribution < -0.4 is 9.80 Å². The third kappa shape index (κ3) is 3.44. The van der Waals surface area contributed by atoms with E-state index in [1.54, 1.807) is 6.92 Å². The molecule has 3 aromatic rings. The van der Waals surface area contributed by atoms with Crippen molar-refractivity contribution in [2.45, 2.75) is 32.9 Å². The molecule has 1 saturated carbocycles. The van der Waals surface area contributed by atoms with Gasteiger partial charge in [0.25, 0.3) is 0 Å². The molecule has 0 bridgehead atoms. The normalized spacial score (nSPS) is 21.2. The first kappa shape index (κ1) is 21.9. The molecule has 1 aliphatic carbocycles. The number of benzene rings is 1. The van der Waals surface area contributed by atoms with Crippen LogP contribution in [0.4, 0.5) is 16.3 Å². The Hall–Kier alpha value is -3.29. The summed E-state index contributed by atoms with van der Waals surface area (Å²) < 4.78 is 15.7. The molecule has 1 spiro atoms.